The van der Waals surface area contributed by atoms with Crippen LogP contribution in [0.1, 0.15) is 24.8 Å². The van der Waals surface area contributed by atoms with Crippen molar-refractivity contribution in [1.82, 2.24) is 15.0 Å². The van der Waals surface area contributed by atoms with Gasteiger partial charge in [0.05, 0.1) is 24.5 Å². The van der Waals surface area contributed by atoms with Crippen LogP contribution in [0.4, 0.5) is 0 Å². The van der Waals surface area contributed by atoms with Gasteiger partial charge in [-0.3, -0.25) is 0 Å². The van der Waals surface area contributed by atoms with Crippen LogP contribution in [0, 0.1) is 0 Å². The molecular formula is C28H27N5+2. The molecular weight excluding hydrogens is 406 g/mol. The summed E-state index contributed by atoms with van der Waals surface area (Å²) in [5.41, 5.74) is 13.0. The van der Waals surface area contributed by atoms with E-state index in [4.69, 9.17) is 4.98 Å². The first kappa shape index (κ1) is 19.8. The number of benzene rings is 2. The maximum Gasteiger partial charge on any atom is 0.241 e. The molecule has 0 aliphatic heterocycles. The van der Waals surface area contributed by atoms with Crippen molar-refractivity contribution < 1.29 is 10.3 Å². The fraction of sp³-hybridized carbons (Fsp3) is 0.179. The van der Waals surface area contributed by atoms with Crippen LogP contribution in [-0.2, 0) is 12.6 Å². The fourth-order valence-corrected chi connectivity index (χ4v) is 4.75. The summed E-state index contributed by atoms with van der Waals surface area (Å²) in [7, 11) is 2.00. The zero-order chi connectivity index (χ0) is 22.4. The zero-order valence-electron chi connectivity index (χ0n) is 18.8. The highest BCUT2D eigenvalue weighted by Crippen LogP contribution is 2.39. The maximum absolute atomic E-state index is 5.09. The molecule has 0 radical (unpaired) electrons. The van der Waals surface area contributed by atoms with Gasteiger partial charge in [0.15, 0.2) is 5.69 Å². The second kappa shape index (κ2) is 7.64. The number of aryl methyl sites for hydroxylation is 1. The van der Waals surface area contributed by atoms with Gasteiger partial charge in [-0.1, -0.05) is 54.6 Å². The van der Waals surface area contributed by atoms with E-state index >= 15 is 0 Å². The van der Waals surface area contributed by atoms with E-state index in [1.807, 2.05) is 36.4 Å². The molecule has 33 heavy (non-hydrogen) atoms. The van der Waals surface area contributed by atoms with E-state index in [2.05, 4.69) is 76.4 Å². The first-order valence-electron chi connectivity index (χ1n) is 11.5. The van der Waals surface area contributed by atoms with Crippen LogP contribution < -0.4 is 10.3 Å². The Morgan fingerprint density at radius 2 is 1.76 bits per heavy atom. The molecule has 0 saturated heterocycles. The number of aromatic amines is 1. The Labute approximate surface area is 193 Å². The van der Waals surface area contributed by atoms with E-state index < -0.39 is 0 Å². The molecule has 5 nitrogen and oxygen atoms in total. The number of hydrogen-bond acceptors (Lipinski definition) is 2. The molecule has 1 saturated carbocycles. The third kappa shape index (κ3) is 3.51. The summed E-state index contributed by atoms with van der Waals surface area (Å²) in [6.07, 6.45) is 9.43. The summed E-state index contributed by atoms with van der Waals surface area (Å²) in [5.74, 6) is 0. The lowest BCUT2D eigenvalue weighted by Gasteiger charge is -2.34. The second-order valence-corrected chi connectivity index (χ2v) is 9.21. The first-order chi connectivity index (χ1) is 16.1. The number of rotatable bonds is 4. The van der Waals surface area contributed by atoms with Crippen LogP contribution in [0.5, 0.6) is 0 Å². The largest absolute Gasteiger partial charge is 0.349 e. The van der Waals surface area contributed by atoms with Gasteiger partial charge in [-0.25, -0.2) is 19.5 Å². The van der Waals surface area contributed by atoms with E-state index in [0.29, 0.717) is 0 Å². The highest BCUT2D eigenvalue weighted by atomic mass is 15.0. The molecule has 3 aromatic heterocycles. The van der Waals surface area contributed by atoms with Crippen LogP contribution in [0.25, 0.3) is 44.7 Å². The number of nitrogens with zero attached hydrogens (tertiary/aromatic N) is 3. The lowest BCUT2D eigenvalue weighted by molar-refractivity contribution is -0.669. The molecule has 0 amide bonds. The topological polar surface area (TPSA) is 73.1 Å². The predicted octanol–water partition coefficient (Wildman–Crippen LogP) is 4.40. The molecule has 0 unspecified atom stereocenters. The molecule has 2 aromatic carbocycles. The Hall–Kier alpha value is -3.83. The molecule has 0 bridgehead atoms. The Bertz CT molecular complexity index is 1450. The number of fused-ring (bicyclic) bond motifs is 1. The van der Waals surface area contributed by atoms with Gasteiger partial charge in [0.2, 0.25) is 6.33 Å². The minimum atomic E-state index is 0.0897. The summed E-state index contributed by atoms with van der Waals surface area (Å²) in [6.45, 7) is 0. The van der Waals surface area contributed by atoms with Crippen molar-refractivity contribution in [1.29, 1.82) is 0 Å². The van der Waals surface area contributed by atoms with Crippen molar-refractivity contribution in [2.24, 2.45) is 7.05 Å². The number of nitrogens with one attached hydrogen (secondary N) is 1. The predicted molar refractivity (Wildman–Crippen MR) is 130 cm³/mol. The van der Waals surface area contributed by atoms with E-state index in [1.54, 1.807) is 0 Å². The molecule has 6 rings (SSSR count). The van der Waals surface area contributed by atoms with Crippen molar-refractivity contribution in [2.75, 3.05) is 0 Å². The molecule has 5 aromatic rings. The minimum Gasteiger partial charge on any atom is -0.349 e. The van der Waals surface area contributed by atoms with Gasteiger partial charge in [0, 0.05) is 34.9 Å². The van der Waals surface area contributed by atoms with Crippen LogP contribution >= 0.6 is 0 Å². The summed E-state index contributed by atoms with van der Waals surface area (Å²) < 4.78 is 1.99. The number of aromatic nitrogens is 4. The highest BCUT2D eigenvalue weighted by Gasteiger charge is 2.38. The Morgan fingerprint density at radius 3 is 2.42 bits per heavy atom. The SMILES string of the molecule is C[n+]1c[nH]c(-c2cc3cc(-c4ccccc4)c(-c4ccc(C5([NH3+])CCC5)cc4)nc3cn2)c1. The monoisotopic (exact) mass is 433 g/mol. The van der Waals surface area contributed by atoms with E-state index in [9.17, 15) is 0 Å². The normalized spacial score (nSPS) is 14.8. The third-order valence-electron chi connectivity index (χ3n) is 6.90. The fourth-order valence-electron chi connectivity index (χ4n) is 4.75. The summed E-state index contributed by atoms with van der Waals surface area (Å²) >= 11 is 0. The lowest BCUT2D eigenvalue weighted by atomic mass is 9.72. The van der Waals surface area contributed by atoms with Gasteiger partial charge in [-0.15, -0.1) is 0 Å². The van der Waals surface area contributed by atoms with Crippen molar-refractivity contribution in [2.45, 2.75) is 24.8 Å². The Morgan fingerprint density at radius 1 is 0.970 bits per heavy atom. The quantitative estimate of drug-likeness (QED) is 0.412. The molecule has 1 aliphatic rings. The third-order valence-corrected chi connectivity index (χ3v) is 6.90. The molecule has 1 aliphatic carbocycles. The van der Waals surface area contributed by atoms with Crippen LogP contribution in [0.3, 0.4) is 0 Å². The van der Waals surface area contributed by atoms with Gasteiger partial charge in [0.25, 0.3) is 0 Å². The summed E-state index contributed by atoms with van der Waals surface area (Å²) in [5, 5.41) is 1.07. The average molecular weight is 434 g/mol. The number of hydrogen-bond donors (Lipinski definition) is 2. The molecule has 3 heterocycles. The van der Waals surface area contributed by atoms with Crippen LogP contribution in [0.2, 0.25) is 0 Å². The molecule has 5 heteroatoms. The second-order valence-electron chi connectivity index (χ2n) is 9.21. The van der Waals surface area contributed by atoms with Gasteiger partial charge >= 0.3 is 0 Å². The molecule has 1 fully saturated rings. The Kier molecular flexibility index (Phi) is 4.59. The maximum atomic E-state index is 5.09. The number of quaternary nitrogens is 1. The van der Waals surface area contributed by atoms with Gasteiger partial charge in [-0.2, -0.15) is 0 Å². The summed E-state index contributed by atoms with van der Waals surface area (Å²) in [6, 6.07) is 23.7. The molecule has 162 valence electrons. The zero-order valence-corrected chi connectivity index (χ0v) is 18.8. The van der Waals surface area contributed by atoms with Crippen molar-refractivity contribution in [3.8, 4) is 33.8 Å². The van der Waals surface area contributed by atoms with E-state index in [1.165, 1.54) is 24.8 Å². The number of H-pyrrole nitrogens is 1. The molecule has 0 spiro atoms. The van der Waals surface area contributed by atoms with Crippen molar-refractivity contribution >= 4 is 10.9 Å². The first-order valence-corrected chi connectivity index (χ1v) is 11.5. The molecule has 0 atom stereocenters. The summed E-state index contributed by atoms with van der Waals surface area (Å²) in [4.78, 5) is 13.0. The van der Waals surface area contributed by atoms with Gasteiger partial charge in [0.1, 0.15) is 17.4 Å². The van der Waals surface area contributed by atoms with Crippen molar-refractivity contribution in [3.05, 3.63) is 91.0 Å². The Balaban J connectivity index is 1.50. The standard InChI is InChI=1S/C28H25N5/c1-33-17-26(31-18-33)24-15-21-14-23(19-6-3-2-4-7-19)27(32-25(21)16-30-24)20-8-10-22(11-9-20)28(29)12-5-13-28/h2-4,6-11,14-18H,5,12-13,29H2,1H3/p+2. The highest BCUT2D eigenvalue weighted by molar-refractivity contribution is 5.92. The lowest BCUT2D eigenvalue weighted by Crippen LogP contribution is -2.73. The van der Waals surface area contributed by atoms with Crippen LogP contribution in [0.15, 0.2) is 85.5 Å². The van der Waals surface area contributed by atoms with E-state index in [-0.39, 0.29) is 5.54 Å². The number of imidazole rings is 1. The smallest absolute Gasteiger partial charge is 0.241 e. The van der Waals surface area contributed by atoms with E-state index in [0.717, 1.165) is 44.7 Å². The molecule has 4 N–H and O–H groups in total. The van der Waals surface area contributed by atoms with Crippen LogP contribution in [-0.4, -0.2) is 15.0 Å². The van der Waals surface area contributed by atoms with Gasteiger partial charge < -0.3 is 5.73 Å². The average Bonchev–Trinajstić information content (AvgIpc) is 3.28. The van der Waals surface area contributed by atoms with Crippen molar-refractivity contribution in [3.63, 3.8) is 0 Å². The minimum absolute atomic E-state index is 0.0897. The van der Waals surface area contributed by atoms with Gasteiger partial charge in [-0.05, 0) is 24.1 Å². The number of pyridine rings is 2.